The minimum atomic E-state index is -3.81. The van der Waals surface area contributed by atoms with Gasteiger partial charge in [-0.1, -0.05) is 12.1 Å². The molecule has 0 radical (unpaired) electrons. The third kappa shape index (κ3) is 3.27. The Hall–Kier alpha value is -2.22. The summed E-state index contributed by atoms with van der Waals surface area (Å²) in [5.74, 6) is -1.22. The lowest BCUT2D eigenvalue weighted by Gasteiger charge is -2.23. The molecule has 0 bridgehead atoms. The maximum absolute atomic E-state index is 12.3. The van der Waals surface area contributed by atoms with Crippen molar-refractivity contribution in [2.45, 2.75) is 18.2 Å². The molecule has 1 heterocycles. The summed E-state index contributed by atoms with van der Waals surface area (Å²) in [5, 5.41) is 0. The number of sulfonamides is 1. The number of carbonyl (C=O) groups is 2. The van der Waals surface area contributed by atoms with Crippen molar-refractivity contribution in [2.75, 3.05) is 13.2 Å². The van der Waals surface area contributed by atoms with Gasteiger partial charge in [-0.15, -0.1) is 0 Å². The molecule has 0 fully saturated rings. The minimum Gasteiger partial charge on any atom is -0.466 e. The molecule has 0 amide bonds. The van der Waals surface area contributed by atoms with Gasteiger partial charge in [0.15, 0.2) is 5.78 Å². The van der Waals surface area contributed by atoms with Crippen LogP contribution in [0.25, 0.3) is 0 Å². The van der Waals surface area contributed by atoms with E-state index in [9.17, 15) is 18.0 Å². The molecule has 7 nitrogen and oxygen atoms in total. The van der Waals surface area contributed by atoms with Crippen LogP contribution in [0.1, 0.15) is 13.3 Å². The van der Waals surface area contributed by atoms with Crippen molar-refractivity contribution in [3.8, 4) is 0 Å². The molecule has 112 valence electrons. The molecule has 1 aliphatic heterocycles. The van der Waals surface area contributed by atoms with Crippen LogP contribution in [-0.4, -0.2) is 44.0 Å². The fourth-order valence-electron chi connectivity index (χ4n) is 1.83. The first kappa shape index (κ1) is 15.2. The van der Waals surface area contributed by atoms with Crippen molar-refractivity contribution < 1.29 is 22.7 Å². The van der Waals surface area contributed by atoms with Gasteiger partial charge in [0.25, 0.3) is 10.0 Å². The molecule has 0 saturated carbocycles. The monoisotopic (exact) mass is 310 g/mol. The maximum atomic E-state index is 12.3. The van der Waals surface area contributed by atoms with Gasteiger partial charge >= 0.3 is 5.97 Å². The molecular weight excluding hydrogens is 296 g/mol. The lowest BCUT2D eigenvalue weighted by molar-refractivity contribution is -0.145. The zero-order valence-corrected chi connectivity index (χ0v) is 12.2. The molecule has 0 N–H and O–H groups in total. The Morgan fingerprint density at radius 3 is 2.71 bits per heavy atom. The Labute approximate surface area is 122 Å². The summed E-state index contributed by atoms with van der Waals surface area (Å²) in [6.45, 7) is 1.35. The Kier molecular flexibility index (Phi) is 4.37. The molecule has 0 aliphatic carbocycles. The zero-order valence-electron chi connectivity index (χ0n) is 11.4. The summed E-state index contributed by atoms with van der Waals surface area (Å²) in [7, 11) is -3.81. The van der Waals surface area contributed by atoms with Crippen LogP contribution in [0.5, 0.6) is 0 Å². The molecule has 0 spiro atoms. The molecule has 1 aliphatic rings. The predicted molar refractivity (Wildman–Crippen MR) is 74.7 cm³/mol. The summed E-state index contributed by atoms with van der Waals surface area (Å²) in [6, 6.07) is 6.24. The number of ketones is 1. The average Bonchev–Trinajstić information content (AvgIpc) is 2.42. The fourth-order valence-corrected chi connectivity index (χ4v) is 3.20. The Bertz CT molecular complexity index is 696. The number of Topliss-reactive ketones (excluding diaryl/α,β-unsaturated/α-hetero) is 1. The Morgan fingerprint density at radius 1 is 1.29 bits per heavy atom. The standard InChI is InChI=1S/C13H14N2O5S/c1-2-20-13(17)7-10(16)8-15-9-14-11-5-3-4-6-12(11)21(15,18)19/h3-6,9H,2,7-8H2,1H3. The molecule has 8 heteroatoms. The van der Waals surface area contributed by atoms with Crippen molar-refractivity contribution in [2.24, 2.45) is 4.99 Å². The zero-order chi connectivity index (χ0) is 15.5. The fraction of sp³-hybridized carbons (Fsp3) is 0.308. The smallest absolute Gasteiger partial charge is 0.313 e. The van der Waals surface area contributed by atoms with Gasteiger partial charge in [0.05, 0.1) is 18.8 Å². The Morgan fingerprint density at radius 2 is 2.00 bits per heavy atom. The van der Waals surface area contributed by atoms with E-state index < -0.39 is 34.7 Å². The number of aliphatic imine (C=N–C) groups is 1. The van der Waals surface area contributed by atoms with E-state index in [1.54, 1.807) is 25.1 Å². The summed E-state index contributed by atoms with van der Waals surface area (Å²) >= 11 is 0. The van der Waals surface area contributed by atoms with E-state index in [2.05, 4.69) is 9.73 Å². The number of hydrogen-bond acceptors (Lipinski definition) is 6. The van der Waals surface area contributed by atoms with Gasteiger partial charge in [0, 0.05) is 0 Å². The van der Waals surface area contributed by atoms with Crippen molar-refractivity contribution in [1.82, 2.24) is 4.31 Å². The summed E-state index contributed by atoms with van der Waals surface area (Å²) in [5.41, 5.74) is 0.326. The number of rotatable bonds is 5. The van der Waals surface area contributed by atoms with E-state index in [1.807, 2.05) is 0 Å². The van der Waals surface area contributed by atoms with E-state index in [0.29, 0.717) is 5.69 Å². The number of fused-ring (bicyclic) bond motifs is 1. The van der Waals surface area contributed by atoms with Gasteiger partial charge in [0.1, 0.15) is 17.7 Å². The van der Waals surface area contributed by atoms with Crippen molar-refractivity contribution >= 4 is 33.8 Å². The largest absolute Gasteiger partial charge is 0.466 e. The van der Waals surface area contributed by atoms with Crippen LogP contribution in [0.2, 0.25) is 0 Å². The van der Waals surface area contributed by atoms with E-state index in [4.69, 9.17) is 0 Å². The van der Waals surface area contributed by atoms with E-state index >= 15 is 0 Å². The van der Waals surface area contributed by atoms with Crippen LogP contribution in [0.3, 0.4) is 0 Å². The van der Waals surface area contributed by atoms with Gasteiger partial charge < -0.3 is 4.74 Å². The van der Waals surface area contributed by atoms with Gasteiger partial charge in [-0.3, -0.25) is 9.59 Å². The van der Waals surface area contributed by atoms with Crippen LogP contribution in [0, 0.1) is 0 Å². The molecule has 0 saturated heterocycles. The third-order valence-corrected chi connectivity index (χ3v) is 4.50. The lowest BCUT2D eigenvalue weighted by atomic mass is 10.3. The normalized spacial score (nSPS) is 15.4. The van der Waals surface area contributed by atoms with Crippen molar-refractivity contribution in [3.63, 3.8) is 0 Å². The molecule has 1 aromatic rings. The second-order valence-corrected chi connectivity index (χ2v) is 6.14. The molecule has 21 heavy (non-hydrogen) atoms. The number of nitrogens with zero attached hydrogens (tertiary/aromatic N) is 2. The van der Waals surface area contributed by atoms with Crippen LogP contribution >= 0.6 is 0 Å². The number of esters is 1. The second-order valence-electron chi connectivity index (χ2n) is 4.28. The second kappa shape index (κ2) is 6.04. The van der Waals surface area contributed by atoms with Gasteiger partial charge in [-0.05, 0) is 19.1 Å². The molecule has 2 rings (SSSR count). The van der Waals surface area contributed by atoms with Gasteiger partial charge in [-0.25, -0.2) is 17.7 Å². The predicted octanol–water partition coefficient (Wildman–Crippen LogP) is 0.873. The van der Waals surface area contributed by atoms with Crippen LogP contribution in [0.15, 0.2) is 34.2 Å². The highest BCUT2D eigenvalue weighted by Crippen LogP contribution is 2.29. The highest BCUT2D eigenvalue weighted by atomic mass is 32.2. The number of carbonyl (C=O) groups excluding carboxylic acids is 2. The number of para-hydroxylation sites is 1. The SMILES string of the molecule is CCOC(=O)CC(=O)CN1C=Nc2ccccc2S1(=O)=O. The van der Waals surface area contributed by atoms with Crippen LogP contribution < -0.4 is 0 Å². The molecule has 1 aromatic carbocycles. The van der Waals surface area contributed by atoms with Crippen LogP contribution in [-0.2, 0) is 24.3 Å². The molecular formula is C13H14N2O5S. The third-order valence-electron chi connectivity index (χ3n) is 2.76. The Balaban J connectivity index is 2.13. The van der Waals surface area contributed by atoms with E-state index in [1.165, 1.54) is 6.07 Å². The van der Waals surface area contributed by atoms with E-state index in [-0.39, 0.29) is 11.5 Å². The number of hydrogen-bond donors (Lipinski definition) is 0. The quantitative estimate of drug-likeness (QED) is 0.594. The molecule has 0 atom stereocenters. The molecule has 0 unspecified atom stereocenters. The number of benzene rings is 1. The first-order valence-electron chi connectivity index (χ1n) is 6.27. The first-order valence-corrected chi connectivity index (χ1v) is 7.71. The average molecular weight is 310 g/mol. The van der Waals surface area contributed by atoms with Crippen molar-refractivity contribution in [1.29, 1.82) is 0 Å². The van der Waals surface area contributed by atoms with Gasteiger partial charge in [0.2, 0.25) is 0 Å². The molecule has 0 aromatic heterocycles. The van der Waals surface area contributed by atoms with Crippen molar-refractivity contribution in [3.05, 3.63) is 24.3 Å². The summed E-state index contributed by atoms with van der Waals surface area (Å²) < 4.78 is 30.1. The van der Waals surface area contributed by atoms with E-state index in [0.717, 1.165) is 10.6 Å². The van der Waals surface area contributed by atoms with Crippen LogP contribution in [0.4, 0.5) is 5.69 Å². The minimum absolute atomic E-state index is 0.0384. The number of ether oxygens (including phenoxy) is 1. The topological polar surface area (TPSA) is 93.1 Å². The lowest BCUT2D eigenvalue weighted by Crippen LogP contribution is -2.36. The maximum Gasteiger partial charge on any atom is 0.313 e. The highest BCUT2D eigenvalue weighted by molar-refractivity contribution is 7.89. The highest BCUT2D eigenvalue weighted by Gasteiger charge is 2.30. The first-order chi connectivity index (χ1) is 9.95. The van der Waals surface area contributed by atoms with Gasteiger partial charge in [-0.2, -0.15) is 0 Å². The summed E-state index contributed by atoms with van der Waals surface area (Å²) in [4.78, 5) is 27.0. The summed E-state index contributed by atoms with van der Waals surface area (Å²) in [6.07, 6.45) is 0.621.